The Kier molecular flexibility index (Phi) is 4.00. The maximum absolute atomic E-state index is 11.3. The molecule has 0 aliphatic carbocycles. The monoisotopic (exact) mass is 225 g/mol. The number of carbonyl (C=O) groups is 2. The van der Waals surface area contributed by atoms with E-state index in [9.17, 15) is 9.59 Å². The van der Waals surface area contributed by atoms with Gasteiger partial charge in [0.05, 0.1) is 0 Å². The van der Waals surface area contributed by atoms with Crippen LogP contribution in [0.1, 0.15) is 15.9 Å². The molecule has 0 fully saturated rings. The molecule has 0 radical (unpaired) electrons. The van der Waals surface area contributed by atoms with Crippen molar-refractivity contribution in [1.29, 1.82) is 0 Å². The summed E-state index contributed by atoms with van der Waals surface area (Å²) in [6.07, 6.45) is 0. The molecule has 0 aromatic heterocycles. The van der Waals surface area contributed by atoms with Crippen LogP contribution in [-0.2, 0) is 16.2 Å². The molecule has 1 rings (SSSR count). The zero-order chi connectivity index (χ0) is 11.3. The Morgan fingerprint density at radius 2 is 2.07 bits per heavy atom. The van der Waals surface area contributed by atoms with Gasteiger partial charge in [0.2, 0.25) is 5.78 Å². The third kappa shape index (κ3) is 2.89. The largest absolute Gasteiger partial charge is 0.391 e. The second-order valence-corrected chi connectivity index (χ2v) is 3.01. The molecule has 4 nitrogen and oxygen atoms in total. The molecule has 0 unspecified atom stereocenters. The van der Waals surface area contributed by atoms with Crippen molar-refractivity contribution >= 4 is 29.3 Å². The van der Waals surface area contributed by atoms with Gasteiger partial charge in [-0.3, -0.25) is 9.59 Å². The molecule has 0 spiro atoms. The van der Waals surface area contributed by atoms with Crippen LogP contribution in [0.15, 0.2) is 29.4 Å². The van der Waals surface area contributed by atoms with Crippen LogP contribution in [-0.4, -0.2) is 17.7 Å². The zero-order valence-electron chi connectivity index (χ0n) is 7.77. The molecule has 0 atom stereocenters. The lowest BCUT2D eigenvalue weighted by atomic mass is 10.1. The number of oxime groups is 1. The van der Waals surface area contributed by atoms with Crippen LogP contribution >= 0.6 is 11.6 Å². The van der Waals surface area contributed by atoms with Gasteiger partial charge < -0.3 is 4.84 Å². The van der Waals surface area contributed by atoms with Crippen molar-refractivity contribution in [3.63, 3.8) is 0 Å². The van der Waals surface area contributed by atoms with Crippen LogP contribution in [0.4, 0.5) is 0 Å². The highest BCUT2D eigenvalue weighted by Gasteiger charge is 2.16. The fourth-order valence-corrected chi connectivity index (χ4v) is 1.19. The standard InChI is InChI=1S/C10H8ClNO3/c1-12-15-6-7-4-2-3-5-8(7)9(13)10(11)14/h2-5H,1,6H2. The Balaban J connectivity index is 3.00. The van der Waals surface area contributed by atoms with E-state index < -0.39 is 11.0 Å². The molecule has 0 aliphatic heterocycles. The quantitative estimate of drug-likeness (QED) is 0.252. The first-order valence-corrected chi connectivity index (χ1v) is 4.44. The molecule has 0 heterocycles. The second kappa shape index (κ2) is 5.26. The van der Waals surface area contributed by atoms with Crippen LogP contribution in [0, 0.1) is 0 Å². The van der Waals surface area contributed by atoms with Crippen molar-refractivity contribution in [2.24, 2.45) is 5.16 Å². The molecule has 78 valence electrons. The summed E-state index contributed by atoms with van der Waals surface area (Å²) < 4.78 is 0. The highest BCUT2D eigenvalue weighted by molar-refractivity contribution is 6.83. The number of Topliss-reactive ketones (excluding diaryl/α,β-unsaturated/α-hetero) is 1. The van der Waals surface area contributed by atoms with Crippen LogP contribution < -0.4 is 0 Å². The third-order valence-corrected chi connectivity index (χ3v) is 1.92. The van der Waals surface area contributed by atoms with Gasteiger partial charge in [-0.15, -0.1) is 5.16 Å². The van der Waals surface area contributed by atoms with Crippen molar-refractivity contribution < 1.29 is 14.4 Å². The summed E-state index contributed by atoms with van der Waals surface area (Å²) in [6, 6.07) is 6.51. The smallest absolute Gasteiger partial charge is 0.293 e. The summed E-state index contributed by atoms with van der Waals surface area (Å²) in [5.41, 5.74) is 0.769. The molecular weight excluding hydrogens is 218 g/mol. The zero-order valence-corrected chi connectivity index (χ0v) is 8.53. The van der Waals surface area contributed by atoms with E-state index in [1.807, 2.05) is 0 Å². The summed E-state index contributed by atoms with van der Waals surface area (Å²) in [5.74, 6) is -0.750. The second-order valence-electron chi connectivity index (χ2n) is 2.66. The van der Waals surface area contributed by atoms with E-state index in [1.54, 1.807) is 18.2 Å². The molecule has 0 aliphatic rings. The van der Waals surface area contributed by atoms with E-state index in [-0.39, 0.29) is 12.2 Å². The average Bonchev–Trinajstić information content (AvgIpc) is 2.25. The SMILES string of the molecule is C=NOCc1ccccc1C(=O)C(=O)Cl. The summed E-state index contributed by atoms with van der Waals surface area (Å²) in [5, 5.41) is 2.18. The van der Waals surface area contributed by atoms with Gasteiger partial charge in [0.25, 0.3) is 5.24 Å². The topological polar surface area (TPSA) is 55.7 Å². The molecule has 1 aromatic carbocycles. The van der Waals surface area contributed by atoms with E-state index in [4.69, 9.17) is 16.4 Å². The number of nitrogens with zero attached hydrogens (tertiary/aromatic N) is 1. The van der Waals surface area contributed by atoms with E-state index >= 15 is 0 Å². The van der Waals surface area contributed by atoms with Gasteiger partial charge in [0.15, 0.2) is 0 Å². The normalized spacial score (nSPS) is 9.40. The maximum Gasteiger partial charge on any atom is 0.293 e. The van der Waals surface area contributed by atoms with Crippen LogP contribution in [0.25, 0.3) is 0 Å². The minimum Gasteiger partial charge on any atom is -0.391 e. The molecule has 0 amide bonds. The lowest BCUT2D eigenvalue weighted by Crippen LogP contribution is -2.10. The highest BCUT2D eigenvalue weighted by atomic mass is 35.5. The lowest BCUT2D eigenvalue weighted by molar-refractivity contribution is -0.108. The minimum absolute atomic E-state index is 0.0790. The van der Waals surface area contributed by atoms with E-state index in [2.05, 4.69) is 11.9 Å². The van der Waals surface area contributed by atoms with Crippen molar-refractivity contribution in [3.8, 4) is 0 Å². The van der Waals surface area contributed by atoms with Crippen LogP contribution in [0.2, 0.25) is 0 Å². The van der Waals surface area contributed by atoms with Crippen LogP contribution in [0.5, 0.6) is 0 Å². The van der Waals surface area contributed by atoms with Gasteiger partial charge in [-0.05, 0) is 11.6 Å². The maximum atomic E-state index is 11.3. The van der Waals surface area contributed by atoms with Gasteiger partial charge in [-0.25, -0.2) is 0 Å². The molecule has 1 aromatic rings. The van der Waals surface area contributed by atoms with Crippen molar-refractivity contribution in [2.75, 3.05) is 0 Å². The number of hydrogen-bond donors (Lipinski definition) is 0. The Hall–Kier alpha value is -1.68. The Morgan fingerprint density at radius 1 is 1.40 bits per heavy atom. The summed E-state index contributed by atoms with van der Waals surface area (Å²) in [7, 11) is 0. The number of rotatable bonds is 5. The number of carbonyl (C=O) groups excluding carboxylic acids is 2. The molecule has 0 N–H and O–H groups in total. The van der Waals surface area contributed by atoms with Crippen molar-refractivity contribution in [1.82, 2.24) is 0 Å². The lowest BCUT2D eigenvalue weighted by Gasteiger charge is -2.04. The van der Waals surface area contributed by atoms with Gasteiger partial charge in [-0.2, -0.15) is 0 Å². The summed E-state index contributed by atoms with van der Waals surface area (Å²) in [6.45, 7) is 3.21. The van der Waals surface area contributed by atoms with E-state index in [0.717, 1.165) is 0 Å². The third-order valence-electron chi connectivity index (χ3n) is 1.75. The fourth-order valence-electron chi connectivity index (χ4n) is 1.09. The molecule has 0 saturated heterocycles. The van der Waals surface area contributed by atoms with Crippen molar-refractivity contribution in [3.05, 3.63) is 35.4 Å². The van der Waals surface area contributed by atoms with E-state index in [0.29, 0.717) is 5.56 Å². The Bertz CT molecular complexity index is 403. The fraction of sp³-hybridized carbons (Fsp3) is 0.100. The highest BCUT2D eigenvalue weighted by Crippen LogP contribution is 2.12. The molecule has 0 saturated carbocycles. The van der Waals surface area contributed by atoms with Gasteiger partial charge >= 0.3 is 0 Å². The first-order chi connectivity index (χ1) is 7.16. The van der Waals surface area contributed by atoms with Crippen LogP contribution in [0.3, 0.4) is 0 Å². The van der Waals surface area contributed by atoms with Gasteiger partial charge in [-0.1, -0.05) is 24.3 Å². The van der Waals surface area contributed by atoms with Gasteiger partial charge in [0, 0.05) is 17.8 Å². The first-order valence-electron chi connectivity index (χ1n) is 4.07. The summed E-state index contributed by atoms with van der Waals surface area (Å²) >= 11 is 5.10. The number of benzene rings is 1. The predicted molar refractivity (Wildman–Crippen MR) is 56.0 cm³/mol. The average molecular weight is 226 g/mol. The van der Waals surface area contributed by atoms with Gasteiger partial charge in [0.1, 0.15) is 6.61 Å². The molecule has 0 bridgehead atoms. The molecular formula is C10H8ClNO3. The Labute approximate surface area is 91.5 Å². The number of halogens is 1. The first kappa shape index (κ1) is 11.4. The van der Waals surface area contributed by atoms with Crippen molar-refractivity contribution in [2.45, 2.75) is 6.61 Å². The predicted octanol–water partition coefficient (Wildman–Crippen LogP) is 1.77. The minimum atomic E-state index is -1.02. The number of ketones is 1. The molecule has 15 heavy (non-hydrogen) atoms. The summed E-state index contributed by atoms with van der Waals surface area (Å²) in [4.78, 5) is 26.8. The van der Waals surface area contributed by atoms with E-state index in [1.165, 1.54) is 6.07 Å². The molecule has 5 heteroatoms. The Morgan fingerprint density at radius 3 is 2.67 bits per heavy atom. The number of hydrogen-bond acceptors (Lipinski definition) is 4.